The van der Waals surface area contributed by atoms with Crippen molar-refractivity contribution in [2.45, 2.75) is 0 Å². The Kier molecular flexibility index (Phi) is 3.17. The number of hydrogen-bond donors (Lipinski definition) is 1. The van der Waals surface area contributed by atoms with Crippen molar-refractivity contribution < 1.29 is 0 Å². The molecule has 0 amide bonds. The number of para-hydroxylation sites is 1. The summed E-state index contributed by atoms with van der Waals surface area (Å²) in [6.07, 6.45) is 0. The molecule has 0 radical (unpaired) electrons. The molecule has 1 N–H and O–H groups in total. The van der Waals surface area contributed by atoms with E-state index in [4.69, 9.17) is 0 Å². The summed E-state index contributed by atoms with van der Waals surface area (Å²) >= 11 is 0. The van der Waals surface area contributed by atoms with Crippen LogP contribution in [0.4, 0.5) is 0 Å². The van der Waals surface area contributed by atoms with E-state index in [2.05, 4.69) is 102 Å². The molecule has 0 fully saturated rings. The van der Waals surface area contributed by atoms with E-state index in [-0.39, 0.29) is 0 Å². The molecular formula is C24H17N. The Balaban J connectivity index is 1.73. The van der Waals surface area contributed by atoms with Gasteiger partial charge in [-0.2, -0.15) is 0 Å². The molecule has 0 saturated carbocycles. The molecule has 1 heteroatoms. The summed E-state index contributed by atoms with van der Waals surface area (Å²) in [7, 11) is 0. The first-order valence-electron chi connectivity index (χ1n) is 8.55. The third-order valence-corrected chi connectivity index (χ3v) is 4.83. The lowest BCUT2D eigenvalue weighted by Crippen LogP contribution is -1.85. The lowest BCUT2D eigenvalue weighted by atomic mass is 9.94. The van der Waals surface area contributed by atoms with Crippen LogP contribution in [0.2, 0.25) is 0 Å². The zero-order chi connectivity index (χ0) is 16.6. The van der Waals surface area contributed by atoms with Gasteiger partial charge in [0.2, 0.25) is 0 Å². The standard InChI is InChI=1S/C24H17N/c1-2-8-17(9-3-1)19-10-4-5-11-20(19)18-14-15-22-21-12-6-7-13-23(21)25-24(22)16-18/h1-16,25H. The molecule has 0 aliphatic heterocycles. The molecule has 0 bridgehead atoms. The molecule has 0 aliphatic carbocycles. The molecular weight excluding hydrogens is 302 g/mol. The highest BCUT2D eigenvalue weighted by molar-refractivity contribution is 6.08. The van der Waals surface area contributed by atoms with E-state index in [9.17, 15) is 0 Å². The first kappa shape index (κ1) is 14.1. The van der Waals surface area contributed by atoms with Crippen LogP contribution in [0.5, 0.6) is 0 Å². The fourth-order valence-corrected chi connectivity index (χ4v) is 3.63. The van der Waals surface area contributed by atoms with Gasteiger partial charge < -0.3 is 4.98 Å². The van der Waals surface area contributed by atoms with Gasteiger partial charge in [-0.15, -0.1) is 0 Å². The van der Waals surface area contributed by atoms with E-state index in [0.717, 1.165) is 0 Å². The molecule has 25 heavy (non-hydrogen) atoms. The number of nitrogens with one attached hydrogen (secondary N) is 1. The topological polar surface area (TPSA) is 15.8 Å². The summed E-state index contributed by atoms with van der Waals surface area (Å²) in [5, 5.41) is 2.55. The van der Waals surface area contributed by atoms with Crippen LogP contribution in [0, 0.1) is 0 Å². The predicted octanol–water partition coefficient (Wildman–Crippen LogP) is 6.66. The lowest BCUT2D eigenvalue weighted by Gasteiger charge is -2.10. The van der Waals surface area contributed by atoms with Crippen LogP contribution >= 0.6 is 0 Å². The number of H-pyrrole nitrogens is 1. The minimum atomic E-state index is 1.18. The minimum Gasteiger partial charge on any atom is -0.354 e. The Morgan fingerprint density at radius 3 is 1.92 bits per heavy atom. The van der Waals surface area contributed by atoms with Gasteiger partial charge in [-0.05, 0) is 34.4 Å². The van der Waals surface area contributed by atoms with Crippen molar-refractivity contribution in [3.63, 3.8) is 0 Å². The highest BCUT2D eigenvalue weighted by atomic mass is 14.7. The number of benzene rings is 4. The summed E-state index contributed by atoms with van der Waals surface area (Å²) in [4.78, 5) is 3.55. The van der Waals surface area contributed by atoms with Gasteiger partial charge in [0.05, 0.1) is 0 Å². The molecule has 0 unspecified atom stereocenters. The maximum atomic E-state index is 3.55. The lowest BCUT2D eigenvalue weighted by molar-refractivity contribution is 1.54. The van der Waals surface area contributed by atoms with Crippen molar-refractivity contribution in [3.05, 3.63) is 97.1 Å². The van der Waals surface area contributed by atoms with Crippen molar-refractivity contribution in [2.24, 2.45) is 0 Å². The van der Waals surface area contributed by atoms with E-state index < -0.39 is 0 Å². The molecule has 0 spiro atoms. The Morgan fingerprint density at radius 2 is 1.08 bits per heavy atom. The molecule has 0 atom stereocenters. The van der Waals surface area contributed by atoms with E-state index in [0.29, 0.717) is 0 Å². The van der Waals surface area contributed by atoms with Gasteiger partial charge in [0, 0.05) is 21.8 Å². The Morgan fingerprint density at radius 1 is 0.440 bits per heavy atom. The van der Waals surface area contributed by atoms with Crippen LogP contribution in [-0.4, -0.2) is 4.98 Å². The van der Waals surface area contributed by atoms with Gasteiger partial charge in [-0.3, -0.25) is 0 Å². The second-order valence-electron chi connectivity index (χ2n) is 6.34. The summed E-state index contributed by atoms with van der Waals surface area (Å²) in [5.74, 6) is 0. The fraction of sp³-hybridized carbons (Fsp3) is 0. The van der Waals surface area contributed by atoms with E-state index in [1.807, 2.05) is 0 Å². The van der Waals surface area contributed by atoms with E-state index in [1.54, 1.807) is 0 Å². The van der Waals surface area contributed by atoms with Gasteiger partial charge >= 0.3 is 0 Å². The highest BCUT2D eigenvalue weighted by Gasteiger charge is 2.09. The van der Waals surface area contributed by atoms with Crippen LogP contribution in [0.1, 0.15) is 0 Å². The zero-order valence-corrected chi connectivity index (χ0v) is 13.7. The van der Waals surface area contributed by atoms with Gasteiger partial charge in [0.25, 0.3) is 0 Å². The molecule has 1 heterocycles. The summed E-state index contributed by atoms with van der Waals surface area (Å²) in [5.41, 5.74) is 7.37. The normalized spacial score (nSPS) is 11.2. The molecule has 1 nitrogen and oxygen atoms in total. The first-order chi connectivity index (χ1) is 12.4. The molecule has 0 aliphatic rings. The maximum absolute atomic E-state index is 3.55. The number of aromatic amines is 1. The van der Waals surface area contributed by atoms with Crippen molar-refractivity contribution in [3.8, 4) is 22.3 Å². The zero-order valence-electron chi connectivity index (χ0n) is 13.7. The monoisotopic (exact) mass is 319 g/mol. The summed E-state index contributed by atoms with van der Waals surface area (Å²) in [6, 6.07) is 34.4. The third-order valence-electron chi connectivity index (χ3n) is 4.83. The second-order valence-corrected chi connectivity index (χ2v) is 6.34. The quantitative estimate of drug-likeness (QED) is 0.374. The number of fused-ring (bicyclic) bond motifs is 3. The maximum Gasteiger partial charge on any atom is 0.0471 e. The summed E-state index contributed by atoms with van der Waals surface area (Å²) < 4.78 is 0. The average molecular weight is 319 g/mol. The molecule has 5 aromatic rings. The van der Waals surface area contributed by atoms with Gasteiger partial charge in [0.15, 0.2) is 0 Å². The van der Waals surface area contributed by atoms with Crippen LogP contribution in [0.25, 0.3) is 44.1 Å². The van der Waals surface area contributed by atoms with Crippen molar-refractivity contribution in [1.82, 2.24) is 4.98 Å². The fourth-order valence-electron chi connectivity index (χ4n) is 3.63. The van der Waals surface area contributed by atoms with Crippen molar-refractivity contribution in [1.29, 1.82) is 0 Å². The Labute approximate surface area is 146 Å². The minimum absolute atomic E-state index is 1.18. The third kappa shape index (κ3) is 2.33. The largest absolute Gasteiger partial charge is 0.354 e. The van der Waals surface area contributed by atoms with Gasteiger partial charge in [-0.25, -0.2) is 0 Å². The van der Waals surface area contributed by atoms with Crippen molar-refractivity contribution >= 4 is 21.8 Å². The van der Waals surface area contributed by atoms with Gasteiger partial charge in [0.1, 0.15) is 0 Å². The van der Waals surface area contributed by atoms with Crippen molar-refractivity contribution in [2.75, 3.05) is 0 Å². The number of hydrogen-bond acceptors (Lipinski definition) is 0. The summed E-state index contributed by atoms with van der Waals surface area (Å²) in [6.45, 7) is 0. The van der Waals surface area contributed by atoms with Gasteiger partial charge in [-0.1, -0.05) is 84.9 Å². The molecule has 5 rings (SSSR count). The van der Waals surface area contributed by atoms with E-state index >= 15 is 0 Å². The second kappa shape index (κ2) is 5.64. The predicted molar refractivity (Wildman–Crippen MR) is 107 cm³/mol. The van der Waals surface area contributed by atoms with Crippen LogP contribution in [-0.2, 0) is 0 Å². The molecule has 4 aromatic carbocycles. The number of rotatable bonds is 2. The van der Waals surface area contributed by atoms with Crippen LogP contribution in [0.15, 0.2) is 97.1 Å². The smallest absolute Gasteiger partial charge is 0.0471 e. The average Bonchev–Trinajstić information content (AvgIpc) is 3.06. The first-order valence-corrected chi connectivity index (χ1v) is 8.55. The SMILES string of the molecule is c1ccc(-c2ccccc2-c2ccc3c(c2)[nH]c2ccccc23)cc1. The molecule has 118 valence electrons. The Hall–Kier alpha value is -3.32. The highest BCUT2D eigenvalue weighted by Crippen LogP contribution is 2.34. The van der Waals surface area contributed by atoms with E-state index in [1.165, 1.54) is 44.1 Å². The van der Waals surface area contributed by atoms with Crippen LogP contribution in [0.3, 0.4) is 0 Å². The molecule has 1 aromatic heterocycles. The molecule has 0 saturated heterocycles. The van der Waals surface area contributed by atoms with Crippen LogP contribution < -0.4 is 0 Å². The number of aromatic nitrogens is 1. The Bertz CT molecular complexity index is 1180.